The Morgan fingerprint density at radius 2 is 1.96 bits per heavy atom. The Morgan fingerprint density at radius 1 is 1.13 bits per heavy atom. The Hall–Kier alpha value is -2.34. The van der Waals surface area contributed by atoms with Crippen LogP contribution in [0.4, 0.5) is 8.78 Å². The Bertz CT molecular complexity index is 2090. The molecule has 5 aromatic rings. The van der Waals surface area contributed by atoms with E-state index in [0.29, 0.717) is 37.8 Å². The van der Waals surface area contributed by atoms with Crippen molar-refractivity contribution in [2.24, 2.45) is 5.41 Å². The molecule has 0 aliphatic rings. The van der Waals surface area contributed by atoms with E-state index in [1.54, 1.807) is 16.8 Å². The molecule has 0 amide bonds. The minimum absolute atomic E-state index is 0.0133. The molecule has 0 spiro atoms. The van der Waals surface area contributed by atoms with Gasteiger partial charge in [0.2, 0.25) is 0 Å². The topological polar surface area (TPSA) is 102 Å². The van der Waals surface area contributed by atoms with Crippen molar-refractivity contribution in [2.75, 3.05) is 18.1 Å². The highest BCUT2D eigenvalue weighted by Crippen LogP contribution is 2.40. The Labute approximate surface area is 348 Å². The number of esters is 1. The number of ether oxygens (including phenoxy) is 2. The average Bonchev–Trinajstić information content (AvgIpc) is 3.81. The average molecular weight is 1020 g/mol. The summed E-state index contributed by atoms with van der Waals surface area (Å²) >= 11 is 6.24. The van der Waals surface area contributed by atoms with Crippen molar-refractivity contribution in [3.05, 3.63) is 101 Å². The highest BCUT2D eigenvalue weighted by molar-refractivity contribution is 14.2. The van der Waals surface area contributed by atoms with Crippen LogP contribution in [0.15, 0.2) is 67.0 Å². The molecular weight excluding hydrogens is 974 g/mol. The van der Waals surface area contributed by atoms with Gasteiger partial charge in [0, 0.05) is 46.9 Å². The summed E-state index contributed by atoms with van der Waals surface area (Å²) in [5, 5.41) is 14.9. The molecule has 5 rings (SSSR count). The summed E-state index contributed by atoms with van der Waals surface area (Å²) in [4.78, 5) is 15.0. The van der Waals surface area contributed by atoms with Gasteiger partial charge in [-0.2, -0.15) is 22.1 Å². The van der Waals surface area contributed by atoms with E-state index in [1.165, 1.54) is 24.3 Å². The van der Waals surface area contributed by atoms with E-state index in [1.807, 2.05) is 36.9 Å². The molecule has 8 nitrogen and oxygen atoms in total. The highest BCUT2D eigenvalue weighted by Gasteiger charge is 2.23. The van der Waals surface area contributed by atoms with Crippen LogP contribution < -0.4 is 4.74 Å². The maximum absolute atomic E-state index is 15.7. The first-order chi connectivity index (χ1) is 26.0. The van der Waals surface area contributed by atoms with Crippen molar-refractivity contribution in [3.8, 4) is 28.8 Å². The SMILES string of the molecule is CCOC(=O)CCc1cccc(C(CCCC(C)(C)CSCCc2c(Oc3ccc(F)c(-c4nn(PI)cc4C#N)c3)c(F)cc3[nH]ccc23)OPI)c1. The molecule has 0 fully saturated rings. The molecule has 0 saturated heterocycles. The minimum Gasteiger partial charge on any atom is -0.466 e. The summed E-state index contributed by atoms with van der Waals surface area (Å²) < 4.78 is 49.8. The molecule has 3 atom stereocenters. The predicted molar refractivity (Wildman–Crippen MR) is 235 cm³/mol. The molecule has 0 bridgehead atoms. The fraction of sp³-hybridized carbons (Fsp3) is 0.359. The third-order valence-electron chi connectivity index (χ3n) is 8.94. The molecule has 1 N–H and O–H groups in total. The van der Waals surface area contributed by atoms with Gasteiger partial charge >= 0.3 is 5.97 Å². The maximum atomic E-state index is 15.7. The number of aryl methyl sites for hydroxylation is 2. The lowest BCUT2D eigenvalue weighted by Gasteiger charge is -2.26. The maximum Gasteiger partial charge on any atom is 0.306 e. The standard InChI is InChI=1S/C39H42F2I2N4O4P2S/c1-4-49-36(48)13-10-25-7-5-8-26(19-25)35(51-53-43)9-6-16-39(2,3)24-54-18-15-30-29-14-17-45-34(29)21-33(41)38(30)50-28-11-12-32(40)31(20-28)37-27(22-44)23-47(46-37)52-42/h5,7-8,11-12,14,17,19-21,23,35,45,52-53H,4,6,9-10,13,15-16,18,24H2,1-3H3. The lowest BCUT2D eigenvalue weighted by atomic mass is 9.88. The normalized spacial score (nSPS) is 12.6. The smallest absolute Gasteiger partial charge is 0.306 e. The molecule has 0 saturated carbocycles. The van der Waals surface area contributed by atoms with Crippen LogP contribution in [0.25, 0.3) is 22.2 Å². The zero-order valence-electron chi connectivity index (χ0n) is 30.2. The highest BCUT2D eigenvalue weighted by atomic mass is 127. The van der Waals surface area contributed by atoms with Crippen LogP contribution in [0.2, 0.25) is 0 Å². The number of hydrogen-bond donors (Lipinski definition) is 1. The molecule has 0 aliphatic heterocycles. The Kier molecular flexibility index (Phi) is 16.4. The Morgan fingerprint density at radius 3 is 2.72 bits per heavy atom. The summed E-state index contributed by atoms with van der Waals surface area (Å²) in [5.41, 5.74) is 4.29. The van der Waals surface area contributed by atoms with Crippen LogP contribution in [0.1, 0.15) is 74.8 Å². The summed E-state index contributed by atoms with van der Waals surface area (Å²) in [5.74, 6) is 0.776. The Balaban J connectivity index is 1.21. The van der Waals surface area contributed by atoms with Gasteiger partial charge in [0.25, 0.3) is 0 Å². The van der Waals surface area contributed by atoms with E-state index in [4.69, 9.17) is 14.0 Å². The monoisotopic (exact) mass is 1020 g/mol. The van der Waals surface area contributed by atoms with Crippen molar-refractivity contribution >= 4 is 85.5 Å². The van der Waals surface area contributed by atoms with E-state index in [-0.39, 0.29) is 52.2 Å². The number of aromatic nitrogens is 3. The van der Waals surface area contributed by atoms with Crippen LogP contribution in [0.5, 0.6) is 11.5 Å². The van der Waals surface area contributed by atoms with Gasteiger partial charge in [-0.05, 0) is 135 Å². The molecule has 54 heavy (non-hydrogen) atoms. The lowest BCUT2D eigenvalue weighted by Crippen LogP contribution is -2.16. The molecule has 286 valence electrons. The zero-order valence-corrected chi connectivity index (χ0v) is 37.3. The number of hydrogen-bond acceptors (Lipinski definition) is 7. The van der Waals surface area contributed by atoms with E-state index in [9.17, 15) is 10.1 Å². The molecule has 2 aromatic heterocycles. The van der Waals surface area contributed by atoms with Crippen molar-refractivity contribution < 1.29 is 27.6 Å². The zero-order chi connectivity index (χ0) is 38.7. The van der Waals surface area contributed by atoms with Crippen molar-refractivity contribution in [1.29, 1.82) is 5.26 Å². The number of carbonyl (C=O) groups is 1. The second-order valence-electron chi connectivity index (χ2n) is 13.5. The molecule has 15 heteroatoms. The number of carbonyl (C=O) groups excluding carboxylic acids is 1. The third-order valence-corrected chi connectivity index (χ3v) is 13.4. The van der Waals surface area contributed by atoms with Gasteiger partial charge in [-0.3, -0.25) is 4.79 Å². The van der Waals surface area contributed by atoms with Crippen LogP contribution in [-0.4, -0.2) is 38.6 Å². The van der Waals surface area contributed by atoms with E-state index < -0.39 is 11.6 Å². The van der Waals surface area contributed by atoms with Crippen molar-refractivity contribution in [1.82, 2.24) is 14.5 Å². The molecule has 3 unspecified atom stereocenters. The van der Waals surface area contributed by atoms with Crippen LogP contribution in [0.3, 0.4) is 0 Å². The second-order valence-corrected chi connectivity index (χ2v) is 18.4. The number of rotatable bonds is 20. The number of halogens is 4. The summed E-state index contributed by atoms with van der Waals surface area (Å²) in [6.45, 7) is 7.10. The van der Waals surface area contributed by atoms with Gasteiger partial charge in [-0.15, -0.1) is 0 Å². The number of nitrogens with one attached hydrogen (secondary N) is 1. The third kappa shape index (κ3) is 11.6. The number of fused-ring (bicyclic) bond motifs is 1. The molecule has 3 aromatic carbocycles. The number of benzene rings is 3. The fourth-order valence-corrected chi connectivity index (χ4v) is 9.81. The van der Waals surface area contributed by atoms with Gasteiger partial charge in [0.15, 0.2) is 11.6 Å². The van der Waals surface area contributed by atoms with Gasteiger partial charge in [-0.25, -0.2) is 13.2 Å². The van der Waals surface area contributed by atoms with Crippen molar-refractivity contribution in [3.63, 3.8) is 0 Å². The van der Waals surface area contributed by atoms with E-state index in [0.717, 1.165) is 52.8 Å². The molecule has 0 radical (unpaired) electrons. The van der Waals surface area contributed by atoms with Crippen LogP contribution in [-0.2, 0) is 26.9 Å². The number of nitrogens with zero attached hydrogens (tertiary/aromatic N) is 3. The fourth-order valence-electron chi connectivity index (χ4n) is 6.28. The molecular formula is C39H42F2I2N4O4P2S. The quantitative estimate of drug-likeness (QED) is 0.0359. The van der Waals surface area contributed by atoms with E-state index >= 15 is 8.78 Å². The van der Waals surface area contributed by atoms with Gasteiger partial charge in [0.1, 0.15) is 23.3 Å². The van der Waals surface area contributed by atoms with Gasteiger partial charge in [-0.1, -0.05) is 38.1 Å². The first-order valence-corrected chi connectivity index (χ1v) is 26.8. The predicted octanol–water partition coefficient (Wildman–Crippen LogP) is 12.4. The number of H-pyrrole nitrogens is 1. The number of thioether (sulfide) groups is 1. The van der Waals surface area contributed by atoms with Crippen LogP contribution >= 0.6 is 68.7 Å². The molecule has 2 heterocycles. The van der Waals surface area contributed by atoms with Crippen LogP contribution in [0, 0.1) is 28.4 Å². The molecule has 0 aliphatic carbocycles. The minimum atomic E-state index is -0.549. The second kappa shape index (κ2) is 20.7. The number of nitriles is 1. The van der Waals surface area contributed by atoms with Gasteiger partial charge in [0.05, 0.1) is 31.1 Å². The summed E-state index contributed by atoms with van der Waals surface area (Å²) in [7, 11) is 0. The van der Waals surface area contributed by atoms with Gasteiger partial charge < -0.3 is 19.0 Å². The number of aromatic amines is 1. The summed E-state index contributed by atoms with van der Waals surface area (Å²) in [6.07, 6.45) is 8.06. The first kappa shape index (κ1) is 42.8. The first-order valence-electron chi connectivity index (χ1n) is 17.5. The summed E-state index contributed by atoms with van der Waals surface area (Å²) in [6, 6.07) is 17.9. The lowest BCUT2D eigenvalue weighted by molar-refractivity contribution is -0.143. The van der Waals surface area contributed by atoms with Crippen molar-refractivity contribution in [2.45, 2.75) is 65.4 Å². The largest absolute Gasteiger partial charge is 0.466 e. The van der Waals surface area contributed by atoms with E-state index in [2.05, 4.69) is 86.2 Å².